The zero-order valence-electron chi connectivity index (χ0n) is 10.4. The van der Waals surface area contributed by atoms with Crippen molar-refractivity contribution in [3.05, 3.63) is 39.8 Å². The number of halogens is 2. The third-order valence-electron chi connectivity index (χ3n) is 4.63. The van der Waals surface area contributed by atoms with Crippen molar-refractivity contribution in [2.24, 2.45) is 23.7 Å². The van der Waals surface area contributed by atoms with E-state index in [0.717, 1.165) is 10.9 Å². The molecule has 20 heavy (non-hydrogen) atoms. The molecule has 4 rings (SSSR count). The fraction of sp³-hybridized carbons (Fsp3) is 0.333. The van der Waals surface area contributed by atoms with Crippen LogP contribution in [-0.2, 0) is 9.59 Å². The Labute approximate surface area is 129 Å². The zero-order valence-corrected chi connectivity index (χ0v) is 12.8. The number of nitrogens with zero attached hydrogens (tertiary/aromatic N) is 1. The van der Waals surface area contributed by atoms with E-state index < -0.39 is 0 Å². The van der Waals surface area contributed by atoms with E-state index in [-0.39, 0.29) is 35.5 Å². The van der Waals surface area contributed by atoms with E-state index in [1.54, 1.807) is 18.2 Å². The number of fused-ring (bicyclic) bond motifs is 5. The number of imide groups is 1. The van der Waals surface area contributed by atoms with Gasteiger partial charge in [-0.2, -0.15) is 0 Å². The maximum absolute atomic E-state index is 12.6. The number of hydrogen-bond donors (Lipinski definition) is 0. The van der Waals surface area contributed by atoms with Crippen LogP contribution < -0.4 is 4.90 Å². The third-order valence-corrected chi connectivity index (χ3v) is 5.86. The van der Waals surface area contributed by atoms with E-state index in [2.05, 4.69) is 28.1 Å². The topological polar surface area (TPSA) is 37.4 Å². The first kappa shape index (κ1) is 12.6. The number of hydrogen-bond acceptors (Lipinski definition) is 2. The summed E-state index contributed by atoms with van der Waals surface area (Å²) >= 11 is 9.39. The number of carbonyl (C=O) groups is 2. The zero-order chi connectivity index (χ0) is 14.0. The average Bonchev–Trinajstić information content (AvgIpc) is 3.08. The molecule has 2 aliphatic carbocycles. The molecule has 0 N–H and O–H groups in total. The molecule has 1 saturated carbocycles. The highest BCUT2D eigenvalue weighted by atomic mass is 79.9. The quantitative estimate of drug-likeness (QED) is 0.574. The van der Waals surface area contributed by atoms with Gasteiger partial charge >= 0.3 is 0 Å². The largest absolute Gasteiger partial charge is 0.274 e. The van der Waals surface area contributed by atoms with E-state index in [0.29, 0.717) is 10.7 Å². The molecule has 4 atom stereocenters. The molecule has 0 spiro atoms. The van der Waals surface area contributed by atoms with Crippen LogP contribution in [0.4, 0.5) is 5.69 Å². The first-order valence-corrected chi connectivity index (χ1v) is 7.76. The molecule has 1 heterocycles. The van der Waals surface area contributed by atoms with Gasteiger partial charge < -0.3 is 0 Å². The molecule has 0 radical (unpaired) electrons. The van der Waals surface area contributed by atoms with Crippen LogP contribution in [0.3, 0.4) is 0 Å². The third kappa shape index (κ3) is 1.52. The Morgan fingerprint density at radius 3 is 2.25 bits per heavy atom. The van der Waals surface area contributed by atoms with Crippen molar-refractivity contribution in [2.75, 3.05) is 4.90 Å². The molecule has 1 aliphatic heterocycles. The molecule has 2 bridgehead atoms. The summed E-state index contributed by atoms with van der Waals surface area (Å²) < 4.78 is 0.754. The van der Waals surface area contributed by atoms with Crippen molar-refractivity contribution >= 4 is 45.0 Å². The molecule has 1 aromatic rings. The Bertz CT molecular complexity index is 642. The lowest BCUT2D eigenvalue weighted by Gasteiger charge is -2.17. The first-order valence-electron chi connectivity index (χ1n) is 6.59. The van der Waals surface area contributed by atoms with Gasteiger partial charge in [0.25, 0.3) is 0 Å². The standard InChI is InChI=1S/C15H11BrClNO2/c16-10-4-3-9(6-11(10)17)18-14(19)12-7-1-2-8(5-7)13(12)15(18)20/h1-4,6-8,12-13H,5H2/t7-,8-,12-,13-/m0/s1. The van der Waals surface area contributed by atoms with E-state index in [9.17, 15) is 9.59 Å². The highest BCUT2D eigenvalue weighted by molar-refractivity contribution is 9.10. The van der Waals surface area contributed by atoms with Crippen molar-refractivity contribution in [3.63, 3.8) is 0 Å². The highest BCUT2D eigenvalue weighted by Gasteiger charge is 2.59. The molecule has 0 unspecified atom stereocenters. The average molecular weight is 353 g/mol. The lowest BCUT2D eigenvalue weighted by atomic mass is 9.85. The number of carbonyl (C=O) groups excluding carboxylic acids is 2. The fourth-order valence-corrected chi connectivity index (χ4v) is 4.20. The molecule has 3 aliphatic rings. The van der Waals surface area contributed by atoms with Gasteiger partial charge in [0, 0.05) is 4.47 Å². The van der Waals surface area contributed by atoms with Gasteiger partial charge in [-0.05, 0) is 52.4 Å². The van der Waals surface area contributed by atoms with E-state index >= 15 is 0 Å². The van der Waals surface area contributed by atoms with Crippen molar-refractivity contribution in [1.82, 2.24) is 0 Å². The molecule has 0 aromatic heterocycles. The lowest BCUT2D eigenvalue weighted by molar-refractivity contribution is -0.123. The maximum Gasteiger partial charge on any atom is 0.238 e. The Morgan fingerprint density at radius 1 is 1.10 bits per heavy atom. The second-order valence-electron chi connectivity index (χ2n) is 5.61. The number of benzene rings is 1. The molecule has 1 saturated heterocycles. The van der Waals surface area contributed by atoms with Gasteiger partial charge in [-0.15, -0.1) is 0 Å². The summed E-state index contributed by atoms with van der Waals surface area (Å²) in [5.74, 6) is -0.0138. The molecular weight excluding hydrogens is 342 g/mol. The van der Waals surface area contributed by atoms with Gasteiger partial charge in [0.1, 0.15) is 0 Å². The summed E-state index contributed by atoms with van der Waals surface area (Å²) in [6, 6.07) is 5.18. The van der Waals surface area contributed by atoms with Crippen molar-refractivity contribution in [2.45, 2.75) is 6.42 Å². The number of anilines is 1. The Balaban J connectivity index is 1.76. The van der Waals surface area contributed by atoms with Crippen LogP contribution in [-0.4, -0.2) is 11.8 Å². The van der Waals surface area contributed by atoms with E-state index in [1.807, 2.05) is 0 Å². The van der Waals surface area contributed by atoms with Gasteiger partial charge in [0.2, 0.25) is 11.8 Å². The normalized spacial score (nSPS) is 34.2. The van der Waals surface area contributed by atoms with Crippen LogP contribution in [0, 0.1) is 23.7 Å². The second kappa shape index (κ2) is 4.18. The molecular formula is C15H11BrClNO2. The smallest absolute Gasteiger partial charge is 0.238 e. The Morgan fingerprint density at radius 2 is 1.70 bits per heavy atom. The minimum Gasteiger partial charge on any atom is -0.274 e. The summed E-state index contributed by atoms with van der Waals surface area (Å²) in [6.07, 6.45) is 5.13. The van der Waals surface area contributed by atoms with Crippen LogP contribution in [0.1, 0.15) is 6.42 Å². The van der Waals surface area contributed by atoms with Crippen LogP contribution in [0.2, 0.25) is 5.02 Å². The first-order chi connectivity index (χ1) is 9.58. The molecule has 3 nitrogen and oxygen atoms in total. The van der Waals surface area contributed by atoms with E-state index in [1.165, 1.54) is 4.90 Å². The lowest BCUT2D eigenvalue weighted by Crippen LogP contribution is -2.32. The Kier molecular flexibility index (Phi) is 2.63. The summed E-state index contributed by atoms with van der Waals surface area (Å²) in [6.45, 7) is 0. The molecule has 1 aromatic carbocycles. The predicted octanol–water partition coefficient (Wildman–Crippen LogP) is 3.41. The van der Waals surface area contributed by atoms with E-state index in [4.69, 9.17) is 11.6 Å². The van der Waals surface area contributed by atoms with Crippen LogP contribution in [0.15, 0.2) is 34.8 Å². The minimum atomic E-state index is -0.167. The highest BCUT2D eigenvalue weighted by Crippen LogP contribution is 2.53. The molecule has 2 fully saturated rings. The SMILES string of the molecule is O=C1[C@@H]2[C@@H](C(=O)N1c1ccc(Br)c(Cl)c1)[C@H]1C=C[C@H]2C1. The van der Waals surface area contributed by atoms with Gasteiger partial charge in [0.05, 0.1) is 22.5 Å². The number of rotatable bonds is 1. The molecule has 2 amide bonds. The van der Waals surface area contributed by atoms with Crippen LogP contribution in [0.5, 0.6) is 0 Å². The van der Waals surface area contributed by atoms with Gasteiger partial charge in [-0.1, -0.05) is 23.8 Å². The summed E-state index contributed by atoms with van der Waals surface area (Å²) in [4.78, 5) is 26.5. The summed E-state index contributed by atoms with van der Waals surface area (Å²) in [5, 5.41) is 0.501. The van der Waals surface area contributed by atoms with Crippen molar-refractivity contribution < 1.29 is 9.59 Å². The maximum atomic E-state index is 12.6. The van der Waals surface area contributed by atoms with Crippen LogP contribution in [0.25, 0.3) is 0 Å². The predicted molar refractivity (Wildman–Crippen MR) is 79.4 cm³/mol. The Hall–Kier alpha value is -1.13. The minimum absolute atomic E-state index is 0.0739. The van der Waals surface area contributed by atoms with Gasteiger partial charge in [0.15, 0.2) is 0 Å². The fourth-order valence-electron chi connectivity index (χ4n) is 3.78. The number of amides is 2. The van der Waals surface area contributed by atoms with Gasteiger partial charge in [-0.3, -0.25) is 9.59 Å². The number of allylic oxidation sites excluding steroid dienone is 2. The summed E-state index contributed by atoms with van der Waals surface area (Å²) in [5.41, 5.74) is 0.571. The van der Waals surface area contributed by atoms with Crippen molar-refractivity contribution in [3.8, 4) is 0 Å². The summed E-state index contributed by atoms with van der Waals surface area (Å²) in [7, 11) is 0. The monoisotopic (exact) mass is 351 g/mol. The van der Waals surface area contributed by atoms with Gasteiger partial charge in [-0.25, -0.2) is 4.90 Å². The van der Waals surface area contributed by atoms with Crippen molar-refractivity contribution in [1.29, 1.82) is 0 Å². The molecule has 5 heteroatoms. The molecule has 102 valence electrons. The van der Waals surface area contributed by atoms with Crippen LogP contribution >= 0.6 is 27.5 Å². The second-order valence-corrected chi connectivity index (χ2v) is 6.87.